The molecular weight excluding hydrogens is 346 g/mol. The smallest absolute Gasteiger partial charge is 0.260 e. The second kappa shape index (κ2) is 6.68. The highest BCUT2D eigenvalue weighted by atomic mass is 32.1. The summed E-state index contributed by atoms with van der Waals surface area (Å²) in [6.45, 7) is 5.67. The van der Waals surface area contributed by atoms with Crippen molar-refractivity contribution < 1.29 is 4.79 Å². The van der Waals surface area contributed by atoms with Gasteiger partial charge in [0.2, 0.25) is 5.91 Å². The van der Waals surface area contributed by atoms with Crippen molar-refractivity contribution in [1.29, 1.82) is 0 Å². The number of fused-ring (bicyclic) bond motifs is 1. The van der Waals surface area contributed by atoms with Crippen molar-refractivity contribution in [2.45, 2.75) is 33.1 Å². The van der Waals surface area contributed by atoms with Gasteiger partial charge in [-0.25, -0.2) is 4.98 Å². The topological polar surface area (TPSA) is 66.1 Å². The molecule has 26 heavy (non-hydrogen) atoms. The molecule has 2 aromatic heterocycles. The molecule has 1 amide bonds. The van der Waals surface area contributed by atoms with Crippen LogP contribution in [0.4, 0.5) is 0 Å². The SMILES string of the molecule is Cc1ccc(-c2c(C)sc3nc(CC(=O)N4CCCC4)[nH]c(=O)c23)cc1. The molecule has 0 radical (unpaired) electrons. The molecule has 1 aliphatic heterocycles. The zero-order chi connectivity index (χ0) is 18.3. The van der Waals surface area contributed by atoms with E-state index in [1.807, 2.05) is 43.0 Å². The number of carbonyl (C=O) groups excluding carboxylic acids is 1. The predicted octanol–water partition coefficient (Wildman–Crippen LogP) is 3.43. The molecule has 1 aromatic carbocycles. The lowest BCUT2D eigenvalue weighted by atomic mass is 10.0. The fourth-order valence-electron chi connectivity index (χ4n) is 3.54. The summed E-state index contributed by atoms with van der Waals surface area (Å²) in [4.78, 5) is 36.1. The minimum absolute atomic E-state index is 0.0389. The van der Waals surface area contributed by atoms with Gasteiger partial charge in [-0.15, -0.1) is 11.3 Å². The van der Waals surface area contributed by atoms with Gasteiger partial charge in [0.05, 0.1) is 11.8 Å². The molecule has 0 unspecified atom stereocenters. The minimum atomic E-state index is -0.167. The van der Waals surface area contributed by atoms with Crippen molar-refractivity contribution in [3.8, 4) is 11.1 Å². The van der Waals surface area contributed by atoms with E-state index in [2.05, 4.69) is 9.97 Å². The van der Waals surface area contributed by atoms with Gasteiger partial charge in [0.25, 0.3) is 5.56 Å². The average molecular weight is 367 g/mol. The maximum Gasteiger partial charge on any atom is 0.260 e. The van der Waals surface area contributed by atoms with E-state index in [1.165, 1.54) is 16.9 Å². The van der Waals surface area contributed by atoms with Crippen molar-refractivity contribution in [3.63, 3.8) is 0 Å². The average Bonchev–Trinajstić information content (AvgIpc) is 3.23. The van der Waals surface area contributed by atoms with Crippen LogP contribution < -0.4 is 5.56 Å². The molecule has 1 N–H and O–H groups in total. The van der Waals surface area contributed by atoms with Crippen LogP contribution in [0.1, 0.15) is 29.1 Å². The molecule has 3 heterocycles. The third-order valence-electron chi connectivity index (χ3n) is 4.90. The first-order valence-corrected chi connectivity index (χ1v) is 9.71. The number of likely N-dealkylation sites (tertiary alicyclic amines) is 1. The molecule has 1 fully saturated rings. The first-order chi connectivity index (χ1) is 12.5. The molecule has 1 aliphatic rings. The Bertz CT molecular complexity index is 1030. The number of nitrogens with zero attached hydrogens (tertiary/aromatic N) is 2. The van der Waals surface area contributed by atoms with E-state index >= 15 is 0 Å². The highest BCUT2D eigenvalue weighted by molar-refractivity contribution is 7.19. The first kappa shape index (κ1) is 17.0. The largest absolute Gasteiger partial charge is 0.342 e. The summed E-state index contributed by atoms with van der Waals surface area (Å²) in [5.41, 5.74) is 2.98. The van der Waals surface area contributed by atoms with Gasteiger partial charge in [-0.1, -0.05) is 29.8 Å². The van der Waals surface area contributed by atoms with Gasteiger partial charge in [0, 0.05) is 23.5 Å². The number of aromatic nitrogens is 2. The molecule has 0 aliphatic carbocycles. The number of aryl methyl sites for hydroxylation is 2. The number of aromatic amines is 1. The number of H-pyrrole nitrogens is 1. The van der Waals surface area contributed by atoms with Crippen LogP contribution in [0.25, 0.3) is 21.3 Å². The minimum Gasteiger partial charge on any atom is -0.342 e. The van der Waals surface area contributed by atoms with Crippen molar-refractivity contribution in [3.05, 3.63) is 50.9 Å². The summed E-state index contributed by atoms with van der Waals surface area (Å²) in [5.74, 6) is 0.494. The molecular formula is C20H21N3O2S. The van der Waals surface area contributed by atoms with Gasteiger partial charge in [-0.3, -0.25) is 9.59 Å². The van der Waals surface area contributed by atoms with E-state index in [-0.39, 0.29) is 17.9 Å². The van der Waals surface area contributed by atoms with Crippen LogP contribution in [0, 0.1) is 13.8 Å². The van der Waals surface area contributed by atoms with E-state index in [0.29, 0.717) is 16.0 Å². The Morgan fingerprint density at radius 3 is 2.58 bits per heavy atom. The molecule has 0 saturated carbocycles. The standard InChI is InChI=1S/C20H21N3O2S/c1-12-5-7-14(8-6-12)17-13(2)26-20-18(17)19(25)21-15(22-20)11-16(24)23-9-3-4-10-23/h5-8H,3-4,9-11H2,1-2H3,(H,21,22,25). The molecule has 0 atom stereocenters. The van der Waals surface area contributed by atoms with Crippen LogP contribution in [0.5, 0.6) is 0 Å². The Morgan fingerprint density at radius 2 is 1.88 bits per heavy atom. The zero-order valence-electron chi connectivity index (χ0n) is 15.0. The lowest BCUT2D eigenvalue weighted by molar-refractivity contribution is -0.129. The Morgan fingerprint density at radius 1 is 1.19 bits per heavy atom. The number of amides is 1. The molecule has 3 aromatic rings. The van der Waals surface area contributed by atoms with E-state index in [9.17, 15) is 9.59 Å². The molecule has 0 bridgehead atoms. The second-order valence-corrected chi connectivity index (χ2v) is 8.06. The number of carbonyl (C=O) groups is 1. The zero-order valence-corrected chi connectivity index (χ0v) is 15.8. The predicted molar refractivity (Wildman–Crippen MR) is 105 cm³/mol. The Balaban J connectivity index is 1.73. The van der Waals surface area contributed by atoms with Crippen LogP contribution >= 0.6 is 11.3 Å². The fraction of sp³-hybridized carbons (Fsp3) is 0.350. The molecule has 0 spiro atoms. The monoisotopic (exact) mass is 367 g/mol. The van der Waals surface area contributed by atoms with Gasteiger partial charge in [0.15, 0.2) is 0 Å². The van der Waals surface area contributed by atoms with Gasteiger partial charge in [-0.2, -0.15) is 0 Å². The lowest BCUT2D eigenvalue weighted by Crippen LogP contribution is -2.30. The van der Waals surface area contributed by atoms with Gasteiger partial charge < -0.3 is 9.88 Å². The van der Waals surface area contributed by atoms with Crippen LogP contribution in [-0.4, -0.2) is 33.9 Å². The maximum absolute atomic E-state index is 12.8. The van der Waals surface area contributed by atoms with Crippen molar-refractivity contribution in [2.75, 3.05) is 13.1 Å². The molecule has 134 valence electrons. The van der Waals surface area contributed by atoms with Crippen molar-refractivity contribution in [1.82, 2.24) is 14.9 Å². The highest BCUT2D eigenvalue weighted by Crippen LogP contribution is 2.35. The number of nitrogens with one attached hydrogen (secondary N) is 1. The van der Waals surface area contributed by atoms with E-state index in [1.54, 1.807) is 0 Å². The highest BCUT2D eigenvalue weighted by Gasteiger charge is 2.21. The van der Waals surface area contributed by atoms with Crippen molar-refractivity contribution >= 4 is 27.5 Å². The summed E-state index contributed by atoms with van der Waals surface area (Å²) >= 11 is 1.51. The Labute approximate surface area is 155 Å². The van der Waals surface area contributed by atoms with Gasteiger partial charge in [0.1, 0.15) is 10.7 Å². The third-order valence-corrected chi connectivity index (χ3v) is 5.90. The maximum atomic E-state index is 12.8. The summed E-state index contributed by atoms with van der Waals surface area (Å²) in [5, 5.41) is 0.619. The number of rotatable bonds is 3. The summed E-state index contributed by atoms with van der Waals surface area (Å²) in [7, 11) is 0. The Hall–Kier alpha value is -2.47. The molecule has 4 rings (SSSR count). The lowest BCUT2D eigenvalue weighted by Gasteiger charge is -2.14. The summed E-state index contributed by atoms with van der Waals surface area (Å²) in [6, 6.07) is 8.16. The van der Waals surface area contributed by atoms with Crippen molar-refractivity contribution in [2.24, 2.45) is 0 Å². The van der Waals surface area contributed by atoms with Crippen LogP contribution in [0.15, 0.2) is 29.1 Å². The Kier molecular flexibility index (Phi) is 4.36. The van der Waals surface area contributed by atoms with Crippen LogP contribution in [-0.2, 0) is 11.2 Å². The number of thiophene rings is 1. The van der Waals surface area contributed by atoms with E-state index in [0.717, 1.165) is 41.9 Å². The van der Waals surface area contributed by atoms with Gasteiger partial charge in [-0.05, 0) is 32.3 Å². The summed E-state index contributed by atoms with van der Waals surface area (Å²) in [6.07, 6.45) is 2.26. The van der Waals surface area contributed by atoms with E-state index < -0.39 is 0 Å². The normalized spacial score (nSPS) is 14.3. The quantitative estimate of drug-likeness (QED) is 0.771. The molecule has 5 nitrogen and oxygen atoms in total. The van der Waals surface area contributed by atoms with Crippen LogP contribution in [0.3, 0.4) is 0 Å². The number of benzene rings is 1. The number of hydrogen-bond donors (Lipinski definition) is 1. The molecule has 1 saturated heterocycles. The number of hydrogen-bond acceptors (Lipinski definition) is 4. The fourth-order valence-corrected chi connectivity index (χ4v) is 4.60. The first-order valence-electron chi connectivity index (χ1n) is 8.90. The summed E-state index contributed by atoms with van der Waals surface area (Å²) < 4.78 is 0. The third kappa shape index (κ3) is 3.05. The van der Waals surface area contributed by atoms with Gasteiger partial charge >= 0.3 is 0 Å². The van der Waals surface area contributed by atoms with Crippen LogP contribution in [0.2, 0.25) is 0 Å². The second-order valence-electron chi connectivity index (χ2n) is 6.86. The molecule has 6 heteroatoms. The van der Waals surface area contributed by atoms with E-state index in [4.69, 9.17) is 0 Å².